The van der Waals surface area contributed by atoms with Crippen LogP contribution in [0.15, 0.2) is 12.2 Å². The van der Waals surface area contributed by atoms with Crippen LogP contribution in [0.4, 0.5) is 0 Å². The van der Waals surface area contributed by atoms with E-state index in [1.165, 1.54) is 347 Å². The normalized spacial score (nSPS) is 13.0. The molecule has 0 aromatic rings. The van der Waals surface area contributed by atoms with E-state index in [-0.39, 0.29) is 25.6 Å². The lowest BCUT2D eigenvalue weighted by atomic mass is 10.0. The largest absolute Gasteiger partial charge is 0.472 e. The Morgan fingerprint density at radius 1 is 0.349 bits per heavy atom. The van der Waals surface area contributed by atoms with Crippen LogP contribution in [0.3, 0.4) is 0 Å². The van der Waals surface area contributed by atoms with E-state index >= 15 is 0 Å². The highest BCUT2D eigenvalue weighted by molar-refractivity contribution is 7.47. The first-order valence-corrected chi connectivity index (χ1v) is 39.9. The minimum atomic E-state index is -4.39. The number of phosphoric acid groups is 1. The molecule has 86 heavy (non-hydrogen) atoms. The molecule has 10 heteroatoms. The van der Waals surface area contributed by atoms with Crippen LogP contribution in [-0.4, -0.2) is 74.9 Å². The Labute approximate surface area is 537 Å². The van der Waals surface area contributed by atoms with Crippen molar-refractivity contribution in [2.45, 2.75) is 418 Å². The van der Waals surface area contributed by atoms with E-state index in [4.69, 9.17) is 18.5 Å². The van der Waals surface area contributed by atoms with Gasteiger partial charge < -0.3 is 18.9 Å². The van der Waals surface area contributed by atoms with Crippen molar-refractivity contribution in [3.63, 3.8) is 0 Å². The molecule has 0 aliphatic rings. The van der Waals surface area contributed by atoms with E-state index in [0.29, 0.717) is 17.4 Å². The van der Waals surface area contributed by atoms with Crippen LogP contribution in [0.2, 0.25) is 0 Å². The molecule has 1 N–H and O–H groups in total. The highest BCUT2D eigenvalue weighted by Crippen LogP contribution is 2.43. The molecule has 0 radical (unpaired) electrons. The van der Waals surface area contributed by atoms with Gasteiger partial charge in [-0.2, -0.15) is 0 Å². The molecule has 0 aliphatic heterocycles. The maximum atomic E-state index is 12.9. The zero-order valence-electron chi connectivity index (χ0n) is 58.6. The van der Waals surface area contributed by atoms with Crippen molar-refractivity contribution in [1.82, 2.24) is 0 Å². The second kappa shape index (κ2) is 68.1. The van der Waals surface area contributed by atoms with E-state index in [0.717, 1.165) is 38.5 Å². The molecule has 0 rings (SSSR count). The lowest BCUT2D eigenvalue weighted by Gasteiger charge is -2.24. The van der Waals surface area contributed by atoms with Crippen molar-refractivity contribution >= 4 is 19.8 Å². The summed E-state index contributed by atoms with van der Waals surface area (Å²) >= 11 is 0. The number of nitrogens with zero attached hydrogens (tertiary/aromatic N) is 1. The Bertz CT molecular complexity index is 1450. The number of likely N-dealkylation sites (N-methyl/N-ethyl adjacent to an activating group) is 1. The minimum Gasteiger partial charge on any atom is -0.462 e. The van der Waals surface area contributed by atoms with Gasteiger partial charge in [0.1, 0.15) is 19.8 Å². The number of ether oxygens (including phenoxy) is 2. The van der Waals surface area contributed by atoms with Gasteiger partial charge in [0.2, 0.25) is 0 Å². The highest BCUT2D eigenvalue weighted by Gasteiger charge is 2.27. The van der Waals surface area contributed by atoms with Crippen LogP contribution >= 0.6 is 7.82 Å². The van der Waals surface area contributed by atoms with Crippen molar-refractivity contribution in [2.24, 2.45) is 0 Å². The fourth-order valence-corrected chi connectivity index (χ4v) is 12.6. The zero-order chi connectivity index (χ0) is 62.6. The average Bonchev–Trinajstić information content (AvgIpc) is 3.56. The third-order valence-corrected chi connectivity index (χ3v) is 18.8. The van der Waals surface area contributed by atoms with Crippen LogP contribution in [-0.2, 0) is 32.7 Å². The van der Waals surface area contributed by atoms with E-state index < -0.39 is 26.5 Å². The lowest BCUT2D eigenvalue weighted by Crippen LogP contribution is -2.37. The summed E-state index contributed by atoms with van der Waals surface area (Å²) in [5.41, 5.74) is 0. The Morgan fingerprint density at radius 2 is 0.593 bits per heavy atom. The fourth-order valence-electron chi connectivity index (χ4n) is 11.9. The smallest absolute Gasteiger partial charge is 0.462 e. The molecular formula is C76H151NO8P+. The summed E-state index contributed by atoms with van der Waals surface area (Å²) in [6, 6.07) is 0. The van der Waals surface area contributed by atoms with Gasteiger partial charge in [0.25, 0.3) is 0 Å². The van der Waals surface area contributed by atoms with Gasteiger partial charge >= 0.3 is 19.8 Å². The molecule has 0 amide bonds. The van der Waals surface area contributed by atoms with Crippen molar-refractivity contribution in [2.75, 3.05) is 47.5 Å². The number of quaternary nitrogens is 1. The fraction of sp³-hybridized carbons (Fsp3) is 0.947. The summed E-state index contributed by atoms with van der Waals surface area (Å²) in [4.78, 5) is 35.9. The Morgan fingerprint density at radius 3 is 0.860 bits per heavy atom. The molecule has 0 aromatic carbocycles. The van der Waals surface area contributed by atoms with Gasteiger partial charge in [-0.3, -0.25) is 18.6 Å². The average molecular weight is 1240 g/mol. The van der Waals surface area contributed by atoms with Gasteiger partial charge in [-0.25, -0.2) is 4.57 Å². The third-order valence-electron chi connectivity index (χ3n) is 17.8. The standard InChI is InChI=1S/C76H150NO8P/c1-6-8-10-12-14-16-18-20-22-24-26-28-30-32-34-35-36-37-38-39-40-41-43-45-47-49-51-53-55-57-59-61-63-65-67-69-76(79)85-74(73-84-86(80,81)83-71-70-77(3,4)5)72-82-75(78)68-66-64-62-60-58-56-54-52-50-48-46-44-42-33-31-29-27-25-23-21-19-17-15-13-11-9-7-2/h24,26,74H,6-23,25,27-73H2,1-5H3/p+1/b26-24-. The molecule has 0 heterocycles. The van der Waals surface area contributed by atoms with Gasteiger partial charge in [-0.1, -0.05) is 373 Å². The number of carbonyl (C=O) groups excluding carboxylic acids is 2. The Balaban J connectivity index is 3.91. The van der Waals surface area contributed by atoms with Crippen LogP contribution in [0.25, 0.3) is 0 Å². The number of carbonyl (C=O) groups is 2. The summed E-state index contributed by atoms with van der Waals surface area (Å²) in [7, 11) is 1.51. The lowest BCUT2D eigenvalue weighted by molar-refractivity contribution is -0.870. The monoisotopic (exact) mass is 1240 g/mol. The minimum absolute atomic E-state index is 0.0370. The van der Waals surface area contributed by atoms with E-state index in [1.807, 2.05) is 21.1 Å². The molecule has 0 saturated heterocycles. The Hall–Kier alpha value is -1.25. The molecule has 0 bridgehead atoms. The van der Waals surface area contributed by atoms with E-state index in [9.17, 15) is 19.0 Å². The van der Waals surface area contributed by atoms with Crippen molar-refractivity contribution in [3.05, 3.63) is 12.2 Å². The molecular weight excluding hydrogens is 1090 g/mol. The first-order chi connectivity index (χ1) is 42.0. The summed E-state index contributed by atoms with van der Waals surface area (Å²) in [5, 5.41) is 0. The quantitative estimate of drug-likeness (QED) is 0.0211. The van der Waals surface area contributed by atoms with Crippen molar-refractivity contribution in [3.8, 4) is 0 Å². The number of esters is 2. The summed E-state index contributed by atoms with van der Waals surface area (Å²) in [6.07, 6.45) is 85.0. The number of hydrogen-bond acceptors (Lipinski definition) is 7. The predicted molar refractivity (Wildman–Crippen MR) is 372 cm³/mol. The number of rotatable bonds is 73. The number of allylic oxidation sites excluding steroid dienone is 2. The highest BCUT2D eigenvalue weighted by atomic mass is 31.2. The molecule has 0 fully saturated rings. The van der Waals surface area contributed by atoms with E-state index in [1.54, 1.807) is 0 Å². The first-order valence-electron chi connectivity index (χ1n) is 38.4. The number of phosphoric ester groups is 1. The summed E-state index contributed by atoms with van der Waals surface area (Å²) < 4.78 is 34.8. The molecule has 2 atom stereocenters. The van der Waals surface area contributed by atoms with Gasteiger partial charge in [-0.15, -0.1) is 0 Å². The Kier molecular flexibility index (Phi) is 67.1. The molecule has 512 valence electrons. The number of unbranched alkanes of at least 4 members (excludes halogenated alkanes) is 57. The third kappa shape index (κ3) is 71.8. The maximum Gasteiger partial charge on any atom is 0.472 e. The number of hydrogen-bond donors (Lipinski definition) is 1. The molecule has 0 saturated carbocycles. The van der Waals surface area contributed by atoms with Crippen LogP contribution < -0.4 is 0 Å². The SMILES string of the molecule is CCCCCCCCCC/C=C\CCCCCCCCCCCCCCCCCCCCCCCCCC(=O)OC(COC(=O)CCCCCCCCCCCCCCCCCCCCCCCCCCCCC)COP(=O)(O)OCC[N+](C)(C)C. The van der Waals surface area contributed by atoms with Crippen LogP contribution in [0.5, 0.6) is 0 Å². The predicted octanol–water partition coefficient (Wildman–Crippen LogP) is 25.1. The summed E-state index contributed by atoms with van der Waals surface area (Å²) in [5.74, 6) is -0.767. The molecule has 9 nitrogen and oxygen atoms in total. The van der Waals surface area contributed by atoms with Gasteiger partial charge in [0.05, 0.1) is 27.7 Å². The summed E-state index contributed by atoms with van der Waals surface area (Å²) in [6.45, 7) is 4.53. The molecule has 2 unspecified atom stereocenters. The molecule has 0 spiro atoms. The maximum absolute atomic E-state index is 12.9. The van der Waals surface area contributed by atoms with Crippen molar-refractivity contribution < 1.29 is 42.1 Å². The zero-order valence-corrected chi connectivity index (χ0v) is 59.5. The second-order valence-electron chi connectivity index (χ2n) is 27.8. The van der Waals surface area contributed by atoms with Crippen LogP contribution in [0.1, 0.15) is 412 Å². The first kappa shape index (κ1) is 84.8. The molecule has 0 aromatic heterocycles. The van der Waals surface area contributed by atoms with Gasteiger partial charge in [0.15, 0.2) is 6.10 Å². The molecule has 0 aliphatic carbocycles. The van der Waals surface area contributed by atoms with E-state index in [2.05, 4.69) is 26.0 Å². The van der Waals surface area contributed by atoms with Crippen LogP contribution in [0, 0.1) is 0 Å². The van der Waals surface area contributed by atoms with Crippen molar-refractivity contribution in [1.29, 1.82) is 0 Å². The topological polar surface area (TPSA) is 108 Å². The van der Waals surface area contributed by atoms with Gasteiger partial charge in [-0.05, 0) is 38.5 Å². The second-order valence-corrected chi connectivity index (χ2v) is 29.2. The van der Waals surface area contributed by atoms with Gasteiger partial charge in [0, 0.05) is 12.8 Å².